The number of allylic oxidation sites excluding steroid dienone is 1. The summed E-state index contributed by atoms with van der Waals surface area (Å²) in [7, 11) is 1.57. The van der Waals surface area contributed by atoms with Crippen molar-refractivity contribution in [3.8, 4) is 5.88 Å². The zero-order valence-electron chi connectivity index (χ0n) is 9.17. The zero-order valence-corrected chi connectivity index (χ0v) is 12.1. The van der Waals surface area contributed by atoms with Gasteiger partial charge < -0.3 is 9.47 Å². The van der Waals surface area contributed by atoms with E-state index < -0.39 is 0 Å². The maximum Gasteiger partial charge on any atom is 0.221 e. The number of hydrogen-bond donors (Lipinski definition) is 0. The van der Waals surface area contributed by atoms with Crippen molar-refractivity contribution in [2.24, 2.45) is 0 Å². The molecule has 1 heterocycles. The second kappa shape index (κ2) is 7.09. The second-order valence-corrected chi connectivity index (χ2v) is 4.55. The molecule has 0 N–H and O–H groups in total. The van der Waals surface area contributed by atoms with E-state index >= 15 is 0 Å². The first kappa shape index (κ1) is 13.7. The predicted octanol–water partition coefficient (Wildman–Crippen LogP) is 3.44. The van der Waals surface area contributed by atoms with Crippen LogP contribution >= 0.6 is 34.2 Å². The van der Waals surface area contributed by atoms with Crippen molar-refractivity contribution in [3.63, 3.8) is 0 Å². The number of pyridine rings is 1. The topological polar surface area (TPSA) is 31.4 Å². The summed E-state index contributed by atoms with van der Waals surface area (Å²) in [6.45, 7) is 3.01. The predicted molar refractivity (Wildman–Crippen MR) is 73.0 cm³/mol. The van der Waals surface area contributed by atoms with Gasteiger partial charge in [-0.25, -0.2) is 4.98 Å². The van der Waals surface area contributed by atoms with Crippen LogP contribution in [-0.4, -0.2) is 18.7 Å². The first-order valence-corrected chi connectivity index (χ1v) is 6.22. The third kappa shape index (κ3) is 3.92. The number of rotatable bonds is 5. The first-order chi connectivity index (χ1) is 7.69. The second-order valence-electron chi connectivity index (χ2n) is 3.00. The number of methoxy groups -OCH3 is 1. The Morgan fingerprint density at radius 1 is 1.56 bits per heavy atom. The van der Waals surface area contributed by atoms with Crippen LogP contribution in [0.4, 0.5) is 0 Å². The standard InChI is InChI=1S/C11H13ClINO2/c1-3-4-5-16-7-8-9(13)6-10(12)14-11(8)15-2/h3-4,6H,5,7H2,1-2H3/b4-3+. The van der Waals surface area contributed by atoms with Crippen LogP contribution in [0.5, 0.6) is 5.88 Å². The normalized spacial score (nSPS) is 11.0. The summed E-state index contributed by atoms with van der Waals surface area (Å²) in [6.07, 6.45) is 3.89. The van der Waals surface area contributed by atoms with Gasteiger partial charge in [-0.15, -0.1) is 0 Å². The van der Waals surface area contributed by atoms with Crippen LogP contribution in [0, 0.1) is 3.57 Å². The number of hydrogen-bond acceptors (Lipinski definition) is 3. The lowest BCUT2D eigenvalue weighted by atomic mass is 10.3. The molecule has 0 aliphatic heterocycles. The van der Waals surface area contributed by atoms with Gasteiger partial charge in [0.15, 0.2) is 0 Å². The van der Waals surface area contributed by atoms with E-state index in [0.29, 0.717) is 24.2 Å². The molecule has 0 atom stereocenters. The van der Waals surface area contributed by atoms with Crippen molar-refractivity contribution >= 4 is 34.2 Å². The SMILES string of the molecule is C/C=C/COCc1c(I)cc(Cl)nc1OC. The zero-order chi connectivity index (χ0) is 12.0. The molecule has 0 radical (unpaired) electrons. The maximum absolute atomic E-state index is 5.84. The van der Waals surface area contributed by atoms with Gasteiger partial charge in [0.1, 0.15) is 5.15 Å². The summed E-state index contributed by atoms with van der Waals surface area (Å²) in [5.74, 6) is 0.525. The van der Waals surface area contributed by atoms with E-state index in [1.165, 1.54) is 0 Å². The molecule has 88 valence electrons. The van der Waals surface area contributed by atoms with Gasteiger partial charge in [-0.05, 0) is 35.6 Å². The Kier molecular flexibility index (Phi) is 6.08. The maximum atomic E-state index is 5.84. The molecule has 0 aliphatic rings. The molecule has 1 aromatic heterocycles. The van der Waals surface area contributed by atoms with Gasteiger partial charge in [-0.3, -0.25) is 0 Å². The monoisotopic (exact) mass is 353 g/mol. The molecule has 0 saturated heterocycles. The fourth-order valence-electron chi connectivity index (χ4n) is 1.12. The third-order valence-corrected chi connectivity index (χ3v) is 3.05. The summed E-state index contributed by atoms with van der Waals surface area (Å²) in [5.41, 5.74) is 0.928. The van der Waals surface area contributed by atoms with E-state index in [1.54, 1.807) is 13.2 Å². The Bertz CT molecular complexity index is 382. The molecule has 0 fully saturated rings. The Labute approximate surface area is 114 Å². The molecule has 0 unspecified atom stereocenters. The molecule has 5 heteroatoms. The minimum absolute atomic E-state index is 0.429. The average molecular weight is 354 g/mol. The number of halogens is 2. The Balaban J connectivity index is 2.77. The third-order valence-electron chi connectivity index (χ3n) is 1.89. The van der Waals surface area contributed by atoms with Gasteiger partial charge in [0.2, 0.25) is 5.88 Å². The van der Waals surface area contributed by atoms with E-state index in [-0.39, 0.29) is 0 Å². The van der Waals surface area contributed by atoms with Gasteiger partial charge in [-0.2, -0.15) is 0 Å². The molecule has 0 spiro atoms. The van der Waals surface area contributed by atoms with Crippen molar-refractivity contribution in [3.05, 3.63) is 32.5 Å². The van der Waals surface area contributed by atoms with Crippen molar-refractivity contribution in [2.45, 2.75) is 13.5 Å². The molecule has 0 bridgehead atoms. The van der Waals surface area contributed by atoms with E-state index in [1.807, 2.05) is 19.1 Å². The highest BCUT2D eigenvalue weighted by Gasteiger charge is 2.10. The minimum Gasteiger partial charge on any atom is -0.481 e. The van der Waals surface area contributed by atoms with E-state index in [4.69, 9.17) is 21.1 Å². The lowest BCUT2D eigenvalue weighted by Gasteiger charge is -2.09. The number of nitrogens with zero attached hydrogens (tertiary/aromatic N) is 1. The highest BCUT2D eigenvalue weighted by atomic mass is 127. The molecular formula is C11H13ClINO2. The van der Waals surface area contributed by atoms with Crippen LogP contribution in [-0.2, 0) is 11.3 Å². The summed E-state index contributed by atoms with van der Waals surface area (Å²) in [6, 6.07) is 1.79. The molecule has 1 rings (SSSR count). The van der Waals surface area contributed by atoms with Crippen molar-refractivity contribution in [2.75, 3.05) is 13.7 Å². The summed E-state index contributed by atoms with van der Waals surface area (Å²) in [5, 5.41) is 0.429. The van der Waals surface area contributed by atoms with Gasteiger partial charge in [0, 0.05) is 3.57 Å². The molecule has 3 nitrogen and oxygen atoms in total. The van der Waals surface area contributed by atoms with Gasteiger partial charge in [-0.1, -0.05) is 23.8 Å². The van der Waals surface area contributed by atoms with Gasteiger partial charge in [0.05, 0.1) is 25.9 Å². The van der Waals surface area contributed by atoms with Crippen molar-refractivity contribution in [1.82, 2.24) is 4.98 Å². The molecule has 0 aliphatic carbocycles. The van der Waals surface area contributed by atoms with Crippen molar-refractivity contribution < 1.29 is 9.47 Å². The highest BCUT2D eigenvalue weighted by Crippen LogP contribution is 2.25. The van der Waals surface area contributed by atoms with E-state index in [0.717, 1.165) is 9.13 Å². The molecule has 0 aromatic carbocycles. The Morgan fingerprint density at radius 2 is 2.31 bits per heavy atom. The van der Waals surface area contributed by atoms with Crippen LogP contribution in [0.3, 0.4) is 0 Å². The lowest BCUT2D eigenvalue weighted by molar-refractivity contribution is 0.145. The van der Waals surface area contributed by atoms with Crippen LogP contribution in [0.1, 0.15) is 12.5 Å². The minimum atomic E-state index is 0.429. The van der Waals surface area contributed by atoms with Crippen LogP contribution in [0.15, 0.2) is 18.2 Å². The number of ether oxygens (including phenoxy) is 2. The van der Waals surface area contributed by atoms with Crippen LogP contribution in [0.25, 0.3) is 0 Å². The quantitative estimate of drug-likeness (QED) is 0.352. The fraction of sp³-hybridized carbons (Fsp3) is 0.364. The molecule has 0 saturated carbocycles. The molecule has 0 amide bonds. The largest absolute Gasteiger partial charge is 0.481 e. The first-order valence-electron chi connectivity index (χ1n) is 4.76. The fourth-order valence-corrected chi connectivity index (χ4v) is 2.17. The summed E-state index contributed by atoms with van der Waals surface area (Å²) < 4.78 is 11.6. The van der Waals surface area contributed by atoms with E-state index in [9.17, 15) is 0 Å². The summed E-state index contributed by atoms with van der Waals surface area (Å²) >= 11 is 8.03. The van der Waals surface area contributed by atoms with Crippen LogP contribution < -0.4 is 4.74 Å². The highest BCUT2D eigenvalue weighted by molar-refractivity contribution is 14.1. The molecular weight excluding hydrogens is 340 g/mol. The van der Waals surface area contributed by atoms with Gasteiger partial charge >= 0.3 is 0 Å². The number of aromatic nitrogens is 1. The Hall–Kier alpha value is -0.330. The summed E-state index contributed by atoms with van der Waals surface area (Å²) in [4.78, 5) is 4.09. The lowest BCUT2D eigenvalue weighted by Crippen LogP contribution is -2.01. The smallest absolute Gasteiger partial charge is 0.221 e. The Morgan fingerprint density at radius 3 is 2.94 bits per heavy atom. The molecule has 16 heavy (non-hydrogen) atoms. The van der Waals surface area contributed by atoms with Crippen LogP contribution in [0.2, 0.25) is 5.15 Å². The van der Waals surface area contributed by atoms with Crippen molar-refractivity contribution in [1.29, 1.82) is 0 Å². The van der Waals surface area contributed by atoms with Gasteiger partial charge in [0.25, 0.3) is 0 Å². The van der Waals surface area contributed by atoms with E-state index in [2.05, 4.69) is 27.6 Å². The average Bonchev–Trinajstić information content (AvgIpc) is 2.26. The molecule has 1 aromatic rings.